The zero-order valence-corrected chi connectivity index (χ0v) is 11.6. The number of nitrogens with two attached hydrogens (primary N) is 1. The van der Waals surface area contributed by atoms with Gasteiger partial charge in [-0.2, -0.15) is 0 Å². The largest absolute Gasteiger partial charge is 0.507 e. The molecule has 0 atom stereocenters. The summed E-state index contributed by atoms with van der Waals surface area (Å²) in [7, 11) is 0. The lowest BCUT2D eigenvalue weighted by atomic mass is 10.1. The van der Waals surface area contributed by atoms with Gasteiger partial charge in [0.2, 0.25) is 0 Å². The monoisotopic (exact) mass is 320 g/mol. The molecule has 0 saturated carbocycles. The SMILES string of the molecule is Nc1ccc(CNC(=O)c2cc(Br)ccc2O)cc1. The molecule has 2 aromatic carbocycles. The Balaban J connectivity index is 2.05. The van der Waals surface area contributed by atoms with Gasteiger partial charge in [0, 0.05) is 16.7 Å². The van der Waals surface area contributed by atoms with Crippen molar-refractivity contribution in [3.63, 3.8) is 0 Å². The Bertz CT molecular complexity index is 597. The van der Waals surface area contributed by atoms with Crippen LogP contribution in [0.2, 0.25) is 0 Å². The Morgan fingerprint density at radius 1 is 1.21 bits per heavy atom. The van der Waals surface area contributed by atoms with E-state index in [9.17, 15) is 9.90 Å². The molecule has 4 N–H and O–H groups in total. The van der Waals surface area contributed by atoms with E-state index in [0.717, 1.165) is 10.0 Å². The van der Waals surface area contributed by atoms with E-state index in [1.54, 1.807) is 24.3 Å². The summed E-state index contributed by atoms with van der Waals surface area (Å²) in [5.41, 5.74) is 7.45. The molecule has 0 radical (unpaired) electrons. The fourth-order valence-electron chi connectivity index (χ4n) is 1.60. The van der Waals surface area contributed by atoms with Crippen LogP contribution in [-0.4, -0.2) is 11.0 Å². The van der Waals surface area contributed by atoms with Crippen LogP contribution in [0.1, 0.15) is 15.9 Å². The van der Waals surface area contributed by atoms with Gasteiger partial charge in [0.05, 0.1) is 5.56 Å². The molecule has 0 fully saturated rings. The number of carbonyl (C=O) groups is 1. The minimum atomic E-state index is -0.323. The van der Waals surface area contributed by atoms with Gasteiger partial charge in [-0.1, -0.05) is 28.1 Å². The fourth-order valence-corrected chi connectivity index (χ4v) is 1.96. The zero-order chi connectivity index (χ0) is 13.8. The highest BCUT2D eigenvalue weighted by Gasteiger charge is 2.11. The van der Waals surface area contributed by atoms with E-state index < -0.39 is 0 Å². The van der Waals surface area contributed by atoms with Crippen molar-refractivity contribution in [3.05, 3.63) is 58.1 Å². The van der Waals surface area contributed by atoms with E-state index in [2.05, 4.69) is 21.2 Å². The molecule has 1 amide bonds. The molecule has 0 bridgehead atoms. The van der Waals surface area contributed by atoms with Gasteiger partial charge in [-0.25, -0.2) is 0 Å². The lowest BCUT2D eigenvalue weighted by Crippen LogP contribution is -2.22. The van der Waals surface area contributed by atoms with Crippen LogP contribution in [0, 0.1) is 0 Å². The van der Waals surface area contributed by atoms with Crippen LogP contribution in [-0.2, 0) is 6.54 Å². The van der Waals surface area contributed by atoms with Crippen LogP contribution in [0.25, 0.3) is 0 Å². The van der Waals surface area contributed by atoms with Crippen LogP contribution in [0.4, 0.5) is 5.69 Å². The molecule has 0 aliphatic heterocycles. The van der Waals surface area contributed by atoms with Gasteiger partial charge in [0.15, 0.2) is 0 Å². The maximum absolute atomic E-state index is 11.9. The van der Waals surface area contributed by atoms with Gasteiger partial charge in [0.1, 0.15) is 5.75 Å². The highest BCUT2D eigenvalue weighted by atomic mass is 79.9. The second-order valence-corrected chi connectivity index (χ2v) is 5.00. The van der Waals surface area contributed by atoms with Crippen molar-refractivity contribution in [2.45, 2.75) is 6.54 Å². The van der Waals surface area contributed by atoms with Gasteiger partial charge in [-0.15, -0.1) is 0 Å². The molecular weight excluding hydrogens is 308 g/mol. The lowest BCUT2D eigenvalue weighted by molar-refractivity contribution is 0.0948. The predicted molar refractivity (Wildman–Crippen MR) is 77.8 cm³/mol. The van der Waals surface area contributed by atoms with Crippen LogP contribution in [0.15, 0.2) is 46.9 Å². The number of aromatic hydroxyl groups is 1. The topological polar surface area (TPSA) is 75.3 Å². The van der Waals surface area contributed by atoms with E-state index in [0.29, 0.717) is 12.2 Å². The Hall–Kier alpha value is -2.01. The summed E-state index contributed by atoms with van der Waals surface area (Å²) in [5, 5.41) is 12.4. The number of phenolic OH excluding ortho intramolecular Hbond substituents is 1. The zero-order valence-electron chi connectivity index (χ0n) is 10.1. The second kappa shape index (κ2) is 5.75. The Morgan fingerprint density at radius 2 is 1.89 bits per heavy atom. The van der Waals surface area contributed by atoms with E-state index in [4.69, 9.17) is 5.73 Å². The maximum atomic E-state index is 11.9. The minimum Gasteiger partial charge on any atom is -0.507 e. The van der Waals surface area contributed by atoms with Gasteiger partial charge < -0.3 is 16.2 Å². The van der Waals surface area contributed by atoms with Gasteiger partial charge >= 0.3 is 0 Å². The van der Waals surface area contributed by atoms with E-state index >= 15 is 0 Å². The number of nitrogens with one attached hydrogen (secondary N) is 1. The fraction of sp³-hybridized carbons (Fsp3) is 0.0714. The Labute approximate surface area is 119 Å². The normalized spacial score (nSPS) is 10.2. The van der Waals surface area contributed by atoms with Crippen molar-refractivity contribution in [2.75, 3.05) is 5.73 Å². The van der Waals surface area contributed by atoms with E-state index in [1.165, 1.54) is 6.07 Å². The van der Waals surface area contributed by atoms with Crippen molar-refractivity contribution in [1.82, 2.24) is 5.32 Å². The number of nitrogen functional groups attached to an aromatic ring is 1. The number of benzene rings is 2. The highest BCUT2D eigenvalue weighted by molar-refractivity contribution is 9.10. The first-order valence-electron chi connectivity index (χ1n) is 5.67. The smallest absolute Gasteiger partial charge is 0.255 e. The quantitative estimate of drug-likeness (QED) is 0.761. The molecule has 0 aliphatic rings. The molecule has 2 rings (SSSR count). The average Bonchev–Trinajstić information content (AvgIpc) is 2.40. The van der Waals surface area contributed by atoms with Crippen molar-refractivity contribution in [3.8, 4) is 5.75 Å². The standard InChI is InChI=1S/C14H13BrN2O2/c15-10-3-6-13(18)12(7-10)14(19)17-8-9-1-4-11(16)5-2-9/h1-7,18H,8,16H2,(H,17,19). The van der Waals surface area contributed by atoms with Crippen LogP contribution in [0.5, 0.6) is 5.75 Å². The number of anilines is 1. The third kappa shape index (κ3) is 3.48. The van der Waals surface area contributed by atoms with Crippen molar-refractivity contribution in [2.24, 2.45) is 0 Å². The van der Waals surface area contributed by atoms with Crippen molar-refractivity contribution >= 4 is 27.5 Å². The number of carbonyl (C=O) groups excluding carboxylic acids is 1. The minimum absolute atomic E-state index is 0.0435. The maximum Gasteiger partial charge on any atom is 0.255 e. The molecule has 0 aromatic heterocycles. The molecule has 0 heterocycles. The summed E-state index contributed by atoms with van der Waals surface area (Å²) in [5.74, 6) is -0.367. The molecule has 0 saturated heterocycles. The Kier molecular flexibility index (Phi) is 4.06. The molecule has 0 aliphatic carbocycles. The molecule has 19 heavy (non-hydrogen) atoms. The summed E-state index contributed by atoms with van der Waals surface area (Å²) in [6.45, 7) is 0.380. The molecule has 0 spiro atoms. The van der Waals surface area contributed by atoms with Gasteiger partial charge in [0.25, 0.3) is 5.91 Å². The van der Waals surface area contributed by atoms with Gasteiger partial charge in [-0.05, 0) is 35.9 Å². The number of halogens is 1. The van der Waals surface area contributed by atoms with Gasteiger partial charge in [-0.3, -0.25) is 4.79 Å². The molecule has 5 heteroatoms. The third-order valence-corrected chi connectivity index (χ3v) is 3.13. The summed E-state index contributed by atoms with van der Waals surface area (Å²) < 4.78 is 0.739. The molecule has 2 aromatic rings. The average molecular weight is 321 g/mol. The first-order chi connectivity index (χ1) is 9.06. The van der Waals surface area contributed by atoms with E-state index in [-0.39, 0.29) is 17.2 Å². The van der Waals surface area contributed by atoms with E-state index in [1.807, 2.05) is 12.1 Å². The second-order valence-electron chi connectivity index (χ2n) is 4.09. The highest BCUT2D eigenvalue weighted by Crippen LogP contribution is 2.21. The molecule has 98 valence electrons. The summed E-state index contributed by atoms with van der Waals surface area (Å²) in [4.78, 5) is 11.9. The third-order valence-electron chi connectivity index (χ3n) is 2.64. The first kappa shape index (κ1) is 13.4. The number of phenols is 1. The number of rotatable bonds is 3. The molecule has 4 nitrogen and oxygen atoms in total. The molecular formula is C14H13BrN2O2. The summed E-state index contributed by atoms with van der Waals surface area (Å²) in [6, 6.07) is 12.0. The first-order valence-corrected chi connectivity index (χ1v) is 6.46. The van der Waals surface area contributed by atoms with Crippen LogP contribution >= 0.6 is 15.9 Å². The van der Waals surface area contributed by atoms with Crippen LogP contribution < -0.4 is 11.1 Å². The predicted octanol–water partition coefficient (Wildman–Crippen LogP) is 2.67. The Morgan fingerprint density at radius 3 is 2.58 bits per heavy atom. The summed E-state index contributed by atoms with van der Waals surface area (Å²) in [6.07, 6.45) is 0. The number of hydrogen-bond acceptors (Lipinski definition) is 3. The number of amides is 1. The molecule has 0 unspecified atom stereocenters. The van der Waals surface area contributed by atoms with Crippen molar-refractivity contribution in [1.29, 1.82) is 0 Å². The summed E-state index contributed by atoms with van der Waals surface area (Å²) >= 11 is 3.26. The van der Waals surface area contributed by atoms with Crippen LogP contribution in [0.3, 0.4) is 0 Å². The number of hydrogen-bond donors (Lipinski definition) is 3. The van der Waals surface area contributed by atoms with Crippen molar-refractivity contribution < 1.29 is 9.90 Å². The lowest BCUT2D eigenvalue weighted by Gasteiger charge is -2.07.